The zero-order valence-corrected chi connectivity index (χ0v) is 22.3. The monoisotopic (exact) mass is 554 g/mol. The lowest BCUT2D eigenvalue weighted by Gasteiger charge is -2.18. The summed E-state index contributed by atoms with van der Waals surface area (Å²) in [6.45, 7) is 0. The molecule has 0 aliphatic rings. The van der Waals surface area contributed by atoms with Crippen molar-refractivity contribution in [3.8, 4) is 5.69 Å². The summed E-state index contributed by atoms with van der Waals surface area (Å²) in [7, 11) is 4.56. The molecule has 1 atom stereocenters. The highest BCUT2D eigenvalue weighted by Crippen LogP contribution is 2.24. The standard InChI is InChI=1S/C27H24Cl2N4O5/c1-30-16-9-12-22-18(14-16)25(35)33(27(37)32(22)2)17-10-7-15(8-11-17)13-21(26(36)38-3)31-24(34)23-19(28)5-4-6-20(23)29/h4-12,14,21,30H,13H2,1-3H3,(H,31,34)/t21-/m0/s1. The first-order chi connectivity index (χ1) is 18.2. The number of halogens is 2. The molecular formula is C27H24Cl2N4O5. The Morgan fingerprint density at radius 2 is 1.66 bits per heavy atom. The number of amides is 1. The summed E-state index contributed by atoms with van der Waals surface area (Å²) >= 11 is 12.3. The molecule has 9 nitrogen and oxygen atoms in total. The number of hydrogen-bond donors (Lipinski definition) is 2. The largest absolute Gasteiger partial charge is 0.467 e. The number of nitrogens with one attached hydrogen (secondary N) is 2. The van der Waals surface area contributed by atoms with Crippen molar-refractivity contribution in [2.45, 2.75) is 12.5 Å². The van der Waals surface area contributed by atoms with Gasteiger partial charge in [-0.2, -0.15) is 0 Å². The minimum Gasteiger partial charge on any atom is -0.467 e. The second-order valence-electron chi connectivity index (χ2n) is 8.48. The fourth-order valence-electron chi connectivity index (χ4n) is 4.14. The van der Waals surface area contributed by atoms with E-state index in [1.165, 1.54) is 23.8 Å². The quantitative estimate of drug-likeness (QED) is 0.338. The number of ether oxygens (including phenoxy) is 1. The van der Waals surface area contributed by atoms with Crippen LogP contribution in [0, 0.1) is 0 Å². The number of aryl methyl sites for hydroxylation is 1. The van der Waals surface area contributed by atoms with Crippen LogP contribution in [0.5, 0.6) is 0 Å². The molecule has 2 N–H and O–H groups in total. The molecule has 1 aromatic heterocycles. The van der Waals surface area contributed by atoms with E-state index in [0.29, 0.717) is 22.2 Å². The third-order valence-electron chi connectivity index (χ3n) is 6.17. The van der Waals surface area contributed by atoms with Crippen molar-refractivity contribution in [1.82, 2.24) is 14.5 Å². The summed E-state index contributed by atoms with van der Waals surface area (Å²) in [4.78, 5) is 51.6. The molecule has 3 aromatic carbocycles. The molecule has 1 amide bonds. The van der Waals surface area contributed by atoms with Gasteiger partial charge >= 0.3 is 11.7 Å². The Morgan fingerprint density at radius 1 is 1.00 bits per heavy atom. The first-order valence-corrected chi connectivity index (χ1v) is 12.3. The number of fused-ring (bicyclic) bond motifs is 1. The molecular weight excluding hydrogens is 531 g/mol. The minimum absolute atomic E-state index is 0.0491. The molecule has 0 unspecified atom stereocenters. The van der Waals surface area contributed by atoms with Gasteiger partial charge in [0, 0.05) is 26.2 Å². The molecule has 0 spiro atoms. The van der Waals surface area contributed by atoms with Crippen LogP contribution in [0.25, 0.3) is 16.6 Å². The maximum Gasteiger partial charge on any atom is 0.335 e. The SMILES string of the molecule is CNc1ccc2c(c1)c(=O)n(-c1ccc(C[C@H](NC(=O)c3c(Cl)cccc3Cl)C(=O)OC)cc1)c(=O)n2C. The summed E-state index contributed by atoms with van der Waals surface area (Å²) in [6, 6.07) is 15.3. The third kappa shape index (κ3) is 5.16. The second kappa shape index (κ2) is 11.1. The van der Waals surface area contributed by atoms with Crippen molar-refractivity contribution in [1.29, 1.82) is 0 Å². The number of anilines is 1. The van der Waals surface area contributed by atoms with Crippen molar-refractivity contribution in [2.75, 3.05) is 19.5 Å². The minimum atomic E-state index is -1.04. The van der Waals surface area contributed by atoms with Crippen LogP contribution in [0.3, 0.4) is 0 Å². The third-order valence-corrected chi connectivity index (χ3v) is 6.80. The first kappa shape index (κ1) is 27.0. The van der Waals surface area contributed by atoms with Gasteiger partial charge in [-0.25, -0.2) is 14.2 Å². The van der Waals surface area contributed by atoms with Crippen LogP contribution in [0.4, 0.5) is 5.69 Å². The lowest BCUT2D eigenvalue weighted by atomic mass is 10.0. The van der Waals surface area contributed by atoms with Crippen LogP contribution in [-0.2, 0) is 23.0 Å². The number of methoxy groups -OCH3 is 1. The molecule has 0 aliphatic carbocycles. The van der Waals surface area contributed by atoms with Crippen LogP contribution in [0.15, 0.2) is 70.3 Å². The highest BCUT2D eigenvalue weighted by Gasteiger charge is 2.25. The zero-order valence-electron chi connectivity index (χ0n) is 20.7. The smallest absolute Gasteiger partial charge is 0.335 e. The fourth-order valence-corrected chi connectivity index (χ4v) is 4.71. The summed E-state index contributed by atoms with van der Waals surface area (Å²) in [5, 5.41) is 6.29. The highest BCUT2D eigenvalue weighted by atomic mass is 35.5. The number of aromatic nitrogens is 2. The zero-order chi connectivity index (χ0) is 27.6. The predicted molar refractivity (Wildman–Crippen MR) is 148 cm³/mol. The normalized spacial score (nSPS) is 11.7. The van der Waals surface area contributed by atoms with E-state index >= 15 is 0 Å². The van der Waals surface area contributed by atoms with Crippen LogP contribution in [0.1, 0.15) is 15.9 Å². The van der Waals surface area contributed by atoms with E-state index in [-0.39, 0.29) is 22.0 Å². The van der Waals surface area contributed by atoms with Crippen molar-refractivity contribution < 1.29 is 14.3 Å². The van der Waals surface area contributed by atoms with Gasteiger partial charge in [-0.1, -0.05) is 41.4 Å². The van der Waals surface area contributed by atoms with E-state index in [1.54, 1.807) is 62.6 Å². The van der Waals surface area contributed by atoms with Crippen molar-refractivity contribution in [3.63, 3.8) is 0 Å². The van der Waals surface area contributed by atoms with Gasteiger partial charge in [0.05, 0.1) is 39.3 Å². The van der Waals surface area contributed by atoms with Crippen molar-refractivity contribution >= 4 is 51.7 Å². The van der Waals surface area contributed by atoms with E-state index in [4.69, 9.17) is 27.9 Å². The van der Waals surface area contributed by atoms with Gasteiger partial charge in [0.1, 0.15) is 6.04 Å². The summed E-state index contributed by atoms with van der Waals surface area (Å²) < 4.78 is 7.36. The summed E-state index contributed by atoms with van der Waals surface area (Å²) in [6.07, 6.45) is 0.0803. The van der Waals surface area contributed by atoms with Gasteiger partial charge in [-0.05, 0) is 48.0 Å². The summed E-state index contributed by atoms with van der Waals surface area (Å²) in [5.74, 6) is -1.29. The van der Waals surface area contributed by atoms with E-state index < -0.39 is 29.2 Å². The van der Waals surface area contributed by atoms with Crippen LogP contribution >= 0.6 is 23.2 Å². The van der Waals surface area contributed by atoms with Gasteiger partial charge in [-0.3, -0.25) is 14.2 Å². The molecule has 0 bridgehead atoms. The molecule has 0 radical (unpaired) electrons. The molecule has 0 fully saturated rings. The molecule has 4 rings (SSSR count). The molecule has 11 heteroatoms. The van der Waals surface area contributed by atoms with Gasteiger partial charge in [-0.15, -0.1) is 0 Å². The Hall–Kier alpha value is -4.08. The lowest BCUT2D eigenvalue weighted by Crippen LogP contribution is -2.43. The van der Waals surface area contributed by atoms with E-state index in [0.717, 1.165) is 10.3 Å². The summed E-state index contributed by atoms with van der Waals surface area (Å²) in [5.41, 5.74) is 1.36. The molecule has 1 heterocycles. The molecule has 0 aliphatic heterocycles. The van der Waals surface area contributed by atoms with Crippen LogP contribution in [-0.4, -0.2) is 41.2 Å². The Kier molecular flexibility index (Phi) is 7.89. The number of carbonyl (C=O) groups excluding carboxylic acids is 2. The Balaban J connectivity index is 1.65. The number of esters is 1. The Labute approximate surface area is 227 Å². The van der Waals surface area contributed by atoms with E-state index in [2.05, 4.69) is 10.6 Å². The average molecular weight is 555 g/mol. The second-order valence-corrected chi connectivity index (χ2v) is 9.29. The predicted octanol–water partition coefficient (Wildman–Crippen LogP) is 3.55. The molecule has 0 saturated heterocycles. The number of carbonyl (C=O) groups is 2. The number of rotatable bonds is 7. The van der Waals surface area contributed by atoms with Gasteiger partial charge < -0.3 is 15.4 Å². The van der Waals surface area contributed by atoms with Gasteiger partial charge in [0.25, 0.3) is 11.5 Å². The van der Waals surface area contributed by atoms with Crippen LogP contribution in [0.2, 0.25) is 10.0 Å². The van der Waals surface area contributed by atoms with Crippen molar-refractivity contribution in [2.24, 2.45) is 7.05 Å². The molecule has 196 valence electrons. The Morgan fingerprint density at radius 3 is 2.26 bits per heavy atom. The van der Waals surface area contributed by atoms with Crippen LogP contribution < -0.4 is 21.9 Å². The highest BCUT2D eigenvalue weighted by molar-refractivity contribution is 6.39. The number of benzene rings is 3. The average Bonchev–Trinajstić information content (AvgIpc) is 2.91. The van der Waals surface area contributed by atoms with Gasteiger partial charge in [0.15, 0.2) is 0 Å². The maximum absolute atomic E-state index is 13.3. The number of hydrogen-bond acceptors (Lipinski definition) is 6. The number of nitrogens with zero attached hydrogens (tertiary/aromatic N) is 2. The molecule has 4 aromatic rings. The van der Waals surface area contributed by atoms with Crippen molar-refractivity contribution in [3.05, 3.63) is 103 Å². The topological polar surface area (TPSA) is 111 Å². The van der Waals surface area contributed by atoms with E-state index in [9.17, 15) is 19.2 Å². The fraction of sp³-hybridized carbons (Fsp3) is 0.185. The van der Waals surface area contributed by atoms with Gasteiger partial charge in [0.2, 0.25) is 0 Å². The Bertz CT molecular complexity index is 1640. The maximum atomic E-state index is 13.3. The molecule has 38 heavy (non-hydrogen) atoms. The van der Waals surface area contributed by atoms with E-state index in [1.807, 2.05) is 0 Å². The molecule has 0 saturated carbocycles. The first-order valence-electron chi connectivity index (χ1n) is 11.5. The lowest BCUT2D eigenvalue weighted by molar-refractivity contribution is -0.142.